The molecule has 0 atom stereocenters. The molecule has 0 heterocycles. The molecule has 0 saturated heterocycles. The van der Waals surface area contributed by atoms with Gasteiger partial charge >= 0.3 is 0 Å². The Labute approximate surface area is 115 Å². The van der Waals surface area contributed by atoms with E-state index in [0.717, 1.165) is 6.54 Å². The zero-order valence-corrected chi connectivity index (χ0v) is 15.0. The van der Waals surface area contributed by atoms with E-state index >= 15 is 0 Å². The van der Waals surface area contributed by atoms with Crippen molar-refractivity contribution in [2.24, 2.45) is 0 Å². The molecule has 0 saturated carbocycles. The van der Waals surface area contributed by atoms with Crippen LogP contribution in [0.2, 0.25) is 39.3 Å². The van der Waals surface area contributed by atoms with Gasteiger partial charge in [-0.2, -0.15) is 0 Å². The zero-order valence-electron chi connectivity index (χ0n) is 13.0. The van der Waals surface area contributed by atoms with Gasteiger partial charge in [0.05, 0.1) is 16.1 Å². The Hall–Kier alpha value is -0.386. The summed E-state index contributed by atoms with van der Waals surface area (Å²) in [6, 6.07) is 10.9. The molecule has 0 amide bonds. The summed E-state index contributed by atoms with van der Waals surface area (Å²) in [5.41, 5.74) is 1.45. The van der Waals surface area contributed by atoms with E-state index in [1.54, 1.807) is 0 Å². The third-order valence-electron chi connectivity index (χ3n) is 2.64. The van der Waals surface area contributed by atoms with Gasteiger partial charge in [0.2, 0.25) is 0 Å². The summed E-state index contributed by atoms with van der Waals surface area (Å²) in [6.45, 7) is 15.9. The number of benzene rings is 1. The van der Waals surface area contributed by atoms with E-state index in [4.69, 9.17) is 0 Å². The molecular weight excluding hydrogens is 250 g/mol. The van der Waals surface area contributed by atoms with Crippen LogP contribution in [-0.2, 0) is 6.54 Å². The van der Waals surface area contributed by atoms with Gasteiger partial charge in [0, 0.05) is 6.54 Å². The van der Waals surface area contributed by atoms with Crippen LogP contribution in [-0.4, -0.2) is 33.4 Å². The van der Waals surface area contributed by atoms with Crippen LogP contribution in [0.1, 0.15) is 5.56 Å². The summed E-state index contributed by atoms with van der Waals surface area (Å²) >= 11 is 0. The average molecular weight is 280 g/mol. The van der Waals surface area contributed by atoms with Gasteiger partial charge in [0.15, 0.2) is 0 Å². The maximum Gasteiger partial charge on any atom is 0.0599 e. The highest BCUT2D eigenvalue weighted by atomic mass is 28.3. The molecular formula is C15H29NSi2. The molecule has 0 radical (unpaired) electrons. The van der Waals surface area contributed by atoms with E-state index < -0.39 is 16.1 Å². The molecule has 102 valence electrons. The minimum Gasteiger partial charge on any atom is -0.305 e. The van der Waals surface area contributed by atoms with Crippen LogP contribution in [0.15, 0.2) is 30.3 Å². The highest BCUT2D eigenvalue weighted by Crippen LogP contribution is 2.13. The zero-order chi connectivity index (χ0) is 13.8. The van der Waals surface area contributed by atoms with Crippen molar-refractivity contribution in [1.29, 1.82) is 0 Å². The molecule has 1 aromatic rings. The molecule has 0 aromatic heterocycles. The highest BCUT2D eigenvalue weighted by molar-refractivity contribution is 6.77. The first kappa shape index (κ1) is 15.7. The molecule has 18 heavy (non-hydrogen) atoms. The first-order valence-corrected chi connectivity index (χ1v) is 14.3. The maximum absolute atomic E-state index is 2.70. The van der Waals surface area contributed by atoms with E-state index in [2.05, 4.69) is 74.5 Å². The van der Waals surface area contributed by atoms with Crippen molar-refractivity contribution in [3.63, 3.8) is 0 Å². The molecule has 0 N–H and O–H groups in total. The second-order valence-corrected chi connectivity index (χ2v) is 18.6. The molecule has 0 unspecified atom stereocenters. The molecule has 0 aliphatic carbocycles. The highest BCUT2D eigenvalue weighted by Gasteiger charge is 2.23. The van der Waals surface area contributed by atoms with Gasteiger partial charge in [-0.05, 0) is 17.9 Å². The molecule has 3 heteroatoms. The lowest BCUT2D eigenvalue weighted by Gasteiger charge is -2.33. The summed E-state index contributed by atoms with van der Waals surface area (Å²) in [7, 11) is -2.05. The molecule has 0 bridgehead atoms. The van der Waals surface area contributed by atoms with E-state index in [1.165, 1.54) is 17.9 Å². The van der Waals surface area contributed by atoms with Gasteiger partial charge in [0.25, 0.3) is 0 Å². The second kappa shape index (κ2) is 6.17. The molecule has 1 rings (SSSR count). The number of rotatable bonds is 6. The molecule has 0 aliphatic rings. The predicted octanol–water partition coefficient (Wildman–Crippen LogP) is 4.24. The molecule has 0 fully saturated rings. The molecule has 1 aromatic carbocycles. The third-order valence-corrected chi connectivity index (χ3v) is 5.44. The number of hydrogen-bond acceptors (Lipinski definition) is 1. The van der Waals surface area contributed by atoms with Crippen LogP contribution in [0, 0.1) is 0 Å². The SMILES string of the molecule is C[Si](C)(C)CN(Cc1ccccc1)C[Si](C)(C)C. The summed E-state index contributed by atoms with van der Waals surface area (Å²) in [5, 5.41) is 0. The topological polar surface area (TPSA) is 3.24 Å². The van der Waals surface area contributed by atoms with Gasteiger partial charge in [0.1, 0.15) is 0 Å². The molecule has 0 aliphatic heterocycles. The predicted molar refractivity (Wildman–Crippen MR) is 88.4 cm³/mol. The normalized spacial score (nSPS) is 13.1. The fourth-order valence-corrected chi connectivity index (χ4v) is 5.71. The number of hydrogen-bond donors (Lipinski definition) is 0. The van der Waals surface area contributed by atoms with Gasteiger partial charge in [-0.1, -0.05) is 69.6 Å². The first-order chi connectivity index (χ1) is 8.16. The third kappa shape index (κ3) is 7.14. The van der Waals surface area contributed by atoms with Crippen molar-refractivity contribution in [3.05, 3.63) is 35.9 Å². The van der Waals surface area contributed by atoms with Crippen molar-refractivity contribution in [2.75, 3.05) is 12.3 Å². The van der Waals surface area contributed by atoms with E-state index in [1.807, 2.05) is 0 Å². The molecule has 1 nitrogen and oxygen atoms in total. The Bertz CT molecular complexity index is 333. The maximum atomic E-state index is 2.70. The van der Waals surface area contributed by atoms with Gasteiger partial charge in [-0.3, -0.25) is 0 Å². The summed E-state index contributed by atoms with van der Waals surface area (Å²) in [4.78, 5) is 2.70. The van der Waals surface area contributed by atoms with Crippen LogP contribution in [0.5, 0.6) is 0 Å². The Balaban J connectivity index is 2.72. The summed E-state index contributed by atoms with van der Waals surface area (Å²) in [5.74, 6) is 0. The van der Waals surface area contributed by atoms with Crippen LogP contribution in [0.4, 0.5) is 0 Å². The number of nitrogens with zero attached hydrogens (tertiary/aromatic N) is 1. The lowest BCUT2D eigenvalue weighted by atomic mass is 10.2. The summed E-state index contributed by atoms with van der Waals surface area (Å²) < 4.78 is 0. The Morgan fingerprint density at radius 3 is 1.61 bits per heavy atom. The summed E-state index contributed by atoms with van der Waals surface area (Å²) in [6.07, 6.45) is 2.62. The van der Waals surface area contributed by atoms with E-state index in [9.17, 15) is 0 Å². The largest absolute Gasteiger partial charge is 0.305 e. The Kier molecular flexibility index (Phi) is 5.37. The first-order valence-electron chi connectivity index (χ1n) is 6.92. The monoisotopic (exact) mass is 279 g/mol. The lowest BCUT2D eigenvalue weighted by Crippen LogP contribution is -2.47. The van der Waals surface area contributed by atoms with Crippen molar-refractivity contribution >= 4 is 16.1 Å². The Morgan fingerprint density at radius 2 is 1.22 bits per heavy atom. The van der Waals surface area contributed by atoms with Crippen LogP contribution < -0.4 is 0 Å². The van der Waals surface area contributed by atoms with Crippen molar-refractivity contribution in [3.8, 4) is 0 Å². The van der Waals surface area contributed by atoms with Gasteiger partial charge in [-0.15, -0.1) is 0 Å². The van der Waals surface area contributed by atoms with Crippen LogP contribution in [0.25, 0.3) is 0 Å². The van der Waals surface area contributed by atoms with Crippen molar-refractivity contribution in [1.82, 2.24) is 4.90 Å². The van der Waals surface area contributed by atoms with Gasteiger partial charge in [-0.25, -0.2) is 0 Å². The minimum absolute atomic E-state index is 1.03. The quantitative estimate of drug-likeness (QED) is 0.704. The fraction of sp³-hybridized carbons (Fsp3) is 0.600. The smallest absolute Gasteiger partial charge is 0.0599 e. The Morgan fingerprint density at radius 1 is 0.778 bits per heavy atom. The van der Waals surface area contributed by atoms with Crippen molar-refractivity contribution < 1.29 is 0 Å². The van der Waals surface area contributed by atoms with Gasteiger partial charge < -0.3 is 4.90 Å². The fourth-order valence-electron chi connectivity index (χ4n) is 2.35. The standard InChI is InChI=1S/C15H29NSi2/c1-17(2,3)13-16(14-18(4,5)6)12-15-10-8-7-9-11-15/h7-11H,12-14H2,1-6H3. The van der Waals surface area contributed by atoms with E-state index in [0.29, 0.717) is 0 Å². The average Bonchev–Trinajstić information content (AvgIpc) is 2.13. The molecule has 0 spiro atoms. The van der Waals surface area contributed by atoms with Crippen LogP contribution in [0.3, 0.4) is 0 Å². The second-order valence-electron chi connectivity index (χ2n) is 7.75. The van der Waals surface area contributed by atoms with E-state index in [-0.39, 0.29) is 0 Å². The van der Waals surface area contributed by atoms with Crippen molar-refractivity contribution in [2.45, 2.75) is 45.8 Å². The minimum atomic E-state index is -1.03. The lowest BCUT2D eigenvalue weighted by molar-refractivity contribution is 0.349. The van der Waals surface area contributed by atoms with Crippen LogP contribution >= 0.6 is 0 Å².